The van der Waals surface area contributed by atoms with E-state index < -0.39 is 6.23 Å². The fraction of sp³-hybridized carbons (Fsp3) is 0.923. The Labute approximate surface area is 109 Å². The van der Waals surface area contributed by atoms with Crippen LogP contribution < -0.4 is 5.32 Å². The van der Waals surface area contributed by atoms with E-state index in [1.54, 1.807) is 0 Å². The van der Waals surface area contributed by atoms with Gasteiger partial charge in [0.1, 0.15) is 24.2 Å². The fourth-order valence-corrected chi connectivity index (χ4v) is 1.93. The van der Waals surface area contributed by atoms with Crippen LogP contribution >= 0.6 is 0 Å². The Balaban J connectivity index is 2.34. The van der Waals surface area contributed by atoms with Crippen molar-refractivity contribution < 1.29 is 19.4 Å². The molecule has 4 unspecified atom stereocenters. The van der Waals surface area contributed by atoms with Gasteiger partial charge in [0.15, 0.2) is 0 Å². The van der Waals surface area contributed by atoms with Gasteiger partial charge in [-0.15, -0.1) is 0 Å². The first-order chi connectivity index (χ1) is 8.45. The molecule has 5 nitrogen and oxygen atoms in total. The van der Waals surface area contributed by atoms with Crippen LogP contribution in [0.15, 0.2) is 0 Å². The van der Waals surface area contributed by atoms with Crippen molar-refractivity contribution in [3.05, 3.63) is 0 Å². The molecule has 1 saturated heterocycles. The van der Waals surface area contributed by atoms with Crippen LogP contribution in [0.2, 0.25) is 0 Å². The van der Waals surface area contributed by atoms with Crippen molar-refractivity contribution in [3.63, 3.8) is 0 Å². The summed E-state index contributed by atoms with van der Waals surface area (Å²) in [5.41, 5.74) is 0. The molecule has 0 amide bonds. The molecule has 2 N–H and O–H groups in total. The number of epoxide rings is 1. The molecular formula is C13H25NO4. The smallest absolute Gasteiger partial charge is 0.146 e. The molecule has 1 aliphatic heterocycles. The second kappa shape index (κ2) is 7.19. The van der Waals surface area contributed by atoms with Gasteiger partial charge in [-0.1, -0.05) is 13.8 Å². The van der Waals surface area contributed by atoms with E-state index in [2.05, 4.69) is 19.2 Å². The molecule has 0 aliphatic carbocycles. The van der Waals surface area contributed by atoms with Crippen LogP contribution in [-0.2, 0) is 14.3 Å². The molecule has 0 aromatic heterocycles. The molecule has 18 heavy (non-hydrogen) atoms. The summed E-state index contributed by atoms with van der Waals surface area (Å²) in [6.45, 7) is 8.69. The summed E-state index contributed by atoms with van der Waals surface area (Å²) in [6, 6.07) is -0.308. The van der Waals surface area contributed by atoms with Gasteiger partial charge >= 0.3 is 0 Å². The number of carbonyl (C=O) groups is 1. The van der Waals surface area contributed by atoms with Gasteiger partial charge in [-0.2, -0.15) is 0 Å². The minimum atomic E-state index is -0.803. The van der Waals surface area contributed by atoms with Crippen LogP contribution in [-0.4, -0.2) is 48.6 Å². The third kappa shape index (κ3) is 5.02. The number of rotatable bonds is 9. The first kappa shape index (κ1) is 15.6. The maximum Gasteiger partial charge on any atom is 0.146 e. The lowest BCUT2D eigenvalue weighted by molar-refractivity contribution is -0.120. The van der Waals surface area contributed by atoms with E-state index in [-0.39, 0.29) is 24.0 Å². The SMILES string of the molecule is CCOCC1OC1C(O)NC(CC(C)C)C(C)=O. The second-order valence-electron chi connectivity index (χ2n) is 5.20. The summed E-state index contributed by atoms with van der Waals surface area (Å²) in [4.78, 5) is 11.5. The lowest BCUT2D eigenvalue weighted by Gasteiger charge is -2.21. The zero-order valence-electron chi connectivity index (χ0n) is 11.7. The van der Waals surface area contributed by atoms with E-state index in [0.29, 0.717) is 19.1 Å². The average molecular weight is 259 g/mol. The summed E-state index contributed by atoms with van der Waals surface area (Å²) in [7, 11) is 0. The van der Waals surface area contributed by atoms with Crippen LogP contribution in [0, 0.1) is 5.92 Å². The van der Waals surface area contributed by atoms with Crippen molar-refractivity contribution in [2.75, 3.05) is 13.2 Å². The second-order valence-corrected chi connectivity index (χ2v) is 5.20. The summed E-state index contributed by atoms with van der Waals surface area (Å²) in [5, 5.41) is 12.9. The first-order valence-electron chi connectivity index (χ1n) is 6.63. The average Bonchev–Trinajstić information content (AvgIpc) is 3.04. The van der Waals surface area contributed by atoms with E-state index in [1.807, 2.05) is 6.92 Å². The van der Waals surface area contributed by atoms with E-state index >= 15 is 0 Å². The summed E-state index contributed by atoms with van der Waals surface area (Å²) in [6.07, 6.45) is -0.400. The number of aliphatic hydroxyl groups is 1. The predicted octanol–water partition coefficient (Wildman–Crippen LogP) is 0.702. The van der Waals surface area contributed by atoms with E-state index in [9.17, 15) is 9.90 Å². The van der Waals surface area contributed by atoms with Crippen molar-refractivity contribution in [2.24, 2.45) is 5.92 Å². The van der Waals surface area contributed by atoms with E-state index in [4.69, 9.17) is 9.47 Å². The number of hydrogen-bond acceptors (Lipinski definition) is 5. The van der Waals surface area contributed by atoms with E-state index in [0.717, 1.165) is 6.42 Å². The quantitative estimate of drug-likeness (QED) is 0.471. The maximum absolute atomic E-state index is 11.5. The minimum Gasteiger partial charge on any atom is -0.379 e. The van der Waals surface area contributed by atoms with Crippen molar-refractivity contribution in [1.82, 2.24) is 5.32 Å². The van der Waals surface area contributed by atoms with Crippen LogP contribution in [0.1, 0.15) is 34.1 Å². The van der Waals surface area contributed by atoms with Gasteiger partial charge in [0.2, 0.25) is 0 Å². The normalized spacial score (nSPS) is 26.1. The Bertz CT molecular complexity index is 270. The molecule has 0 saturated carbocycles. The monoisotopic (exact) mass is 259 g/mol. The molecule has 1 heterocycles. The molecule has 1 fully saturated rings. The lowest BCUT2D eigenvalue weighted by Crippen LogP contribution is -2.46. The molecule has 1 aliphatic rings. The molecule has 0 radical (unpaired) electrons. The van der Waals surface area contributed by atoms with Gasteiger partial charge in [-0.3, -0.25) is 10.1 Å². The van der Waals surface area contributed by atoms with Crippen LogP contribution in [0.25, 0.3) is 0 Å². The summed E-state index contributed by atoms with van der Waals surface area (Å²) in [5.74, 6) is 0.447. The molecule has 106 valence electrons. The Morgan fingerprint density at radius 1 is 1.50 bits per heavy atom. The lowest BCUT2D eigenvalue weighted by atomic mass is 10.0. The molecule has 0 aromatic rings. The standard InChI is InChI=1S/C13H25NO4/c1-5-17-7-11-12(18-11)13(16)14-10(9(4)15)6-8(2)3/h8,10-14,16H,5-7H2,1-4H3. The summed E-state index contributed by atoms with van der Waals surface area (Å²) >= 11 is 0. The molecule has 1 rings (SSSR count). The van der Waals surface area contributed by atoms with Gasteiger partial charge in [0.25, 0.3) is 0 Å². The van der Waals surface area contributed by atoms with Gasteiger partial charge in [-0.05, 0) is 26.2 Å². The first-order valence-corrected chi connectivity index (χ1v) is 6.63. The van der Waals surface area contributed by atoms with E-state index in [1.165, 1.54) is 6.92 Å². The highest BCUT2D eigenvalue weighted by atomic mass is 16.6. The molecule has 0 bridgehead atoms. The molecule has 0 spiro atoms. The minimum absolute atomic E-state index is 0.0461. The Morgan fingerprint density at radius 3 is 2.67 bits per heavy atom. The van der Waals surface area contributed by atoms with Crippen LogP contribution in [0.4, 0.5) is 0 Å². The number of nitrogens with one attached hydrogen (secondary N) is 1. The van der Waals surface area contributed by atoms with Crippen LogP contribution in [0.5, 0.6) is 0 Å². The van der Waals surface area contributed by atoms with Crippen molar-refractivity contribution >= 4 is 5.78 Å². The number of ketones is 1. The number of carbonyl (C=O) groups excluding carboxylic acids is 1. The molecule has 0 aromatic carbocycles. The zero-order valence-corrected chi connectivity index (χ0v) is 11.7. The van der Waals surface area contributed by atoms with Gasteiger partial charge in [-0.25, -0.2) is 0 Å². The maximum atomic E-state index is 11.5. The third-order valence-electron chi connectivity index (χ3n) is 2.99. The van der Waals surface area contributed by atoms with Crippen molar-refractivity contribution in [3.8, 4) is 0 Å². The Morgan fingerprint density at radius 2 is 2.17 bits per heavy atom. The third-order valence-corrected chi connectivity index (χ3v) is 2.99. The number of ether oxygens (including phenoxy) is 2. The Kier molecular flexibility index (Phi) is 6.21. The largest absolute Gasteiger partial charge is 0.379 e. The highest BCUT2D eigenvalue weighted by Crippen LogP contribution is 2.25. The highest BCUT2D eigenvalue weighted by Gasteiger charge is 2.45. The number of hydrogen-bond donors (Lipinski definition) is 2. The van der Waals surface area contributed by atoms with Gasteiger partial charge in [0, 0.05) is 6.61 Å². The molecule has 4 atom stereocenters. The molecule has 5 heteroatoms. The predicted molar refractivity (Wildman–Crippen MR) is 68.2 cm³/mol. The van der Waals surface area contributed by atoms with Crippen molar-refractivity contribution in [2.45, 2.75) is 58.6 Å². The fourth-order valence-electron chi connectivity index (χ4n) is 1.93. The summed E-state index contributed by atoms with van der Waals surface area (Å²) < 4.78 is 10.5. The number of aliphatic hydroxyl groups excluding tert-OH is 1. The molecular weight excluding hydrogens is 234 g/mol. The zero-order chi connectivity index (χ0) is 13.7. The van der Waals surface area contributed by atoms with Crippen molar-refractivity contribution in [1.29, 1.82) is 0 Å². The number of Topliss-reactive ketones (excluding diaryl/α,β-unsaturated/α-hetero) is 1. The van der Waals surface area contributed by atoms with Crippen LogP contribution in [0.3, 0.4) is 0 Å². The Hall–Kier alpha value is -0.490. The van der Waals surface area contributed by atoms with Gasteiger partial charge in [0.05, 0.1) is 12.6 Å². The topological polar surface area (TPSA) is 71.1 Å². The highest BCUT2D eigenvalue weighted by molar-refractivity contribution is 5.81. The van der Waals surface area contributed by atoms with Gasteiger partial charge < -0.3 is 14.6 Å².